The minimum absolute atomic E-state index is 0.138. The van der Waals surface area contributed by atoms with Crippen LogP contribution in [0.1, 0.15) is 16.1 Å². The van der Waals surface area contributed by atoms with Crippen molar-refractivity contribution < 1.29 is 26.7 Å². The molecule has 0 aliphatic carbocycles. The van der Waals surface area contributed by atoms with Crippen LogP contribution in [0, 0.1) is 0 Å². The molecular formula is C19H17F2N3O4S. The zero-order valence-corrected chi connectivity index (χ0v) is 16.1. The van der Waals surface area contributed by atoms with Gasteiger partial charge in [0.25, 0.3) is 5.91 Å². The SMILES string of the molecule is COc1ccc(-n2ccc(CNC(=O)c3ccc(S(=O)(=O)C(F)F)cc3)n2)cc1. The molecular weight excluding hydrogens is 404 g/mol. The van der Waals surface area contributed by atoms with Crippen LogP contribution < -0.4 is 10.1 Å². The maximum Gasteiger partial charge on any atom is 0.341 e. The van der Waals surface area contributed by atoms with Gasteiger partial charge in [-0.25, -0.2) is 13.1 Å². The largest absolute Gasteiger partial charge is 0.497 e. The second kappa shape index (κ2) is 8.39. The van der Waals surface area contributed by atoms with E-state index in [1.54, 1.807) is 36.2 Å². The van der Waals surface area contributed by atoms with Gasteiger partial charge in [-0.3, -0.25) is 4.79 Å². The first-order valence-corrected chi connectivity index (χ1v) is 9.95. The van der Waals surface area contributed by atoms with Gasteiger partial charge in [0.05, 0.1) is 29.9 Å². The van der Waals surface area contributed by atoms with E-state index in [4.69, 9.17) is 4.74 Å². The highest BCUT2D eigenvalue weighted by molar-refractivity contribution is 7.91. The molecule has 0 saturated carbocycles. The van der Waals surface area contributed by atoms with E-state index >= 15 is 0 Å². The van der Waals surface area contributed by atoms with Gasteiger partial charge in [-0.05, 0) is 54.6 Å². The number of nitrogens with one attached hydrogen (secondary N) is 1. The maximum atomic E-state index is 12.5. The number of hydrogen-bond donors (Lipinski definition) is 1. The number of hydrogen-bond acceptors (Lipinski definition) is 5. The standard InChI is InChI=1S/C19H17F2N3O4S/c1-28-16-6-4-15(5-7-16)24-11-10-14(23-24)12-22-18(25)13-2-8-17(9-3-13)29(26,27)19(20)21/h2-11,19H,12H2,1H3,(H,22,25). The normalized spacial score (nSPS) is 11.4. The number of rotatable bonds is 7. The van der Waals surface area contributed by atoms with E-state index in [1.165, 1.54) is 12.1 Å². The first-order valence-electron chi connectivity index (χ1n) is 8.40. The number of benzene rings is 2. The summed E-state index contributed by atoms with van der Waals surface area (Å²) in [6, 6.07) is 13.3. The Bertz CT molecular complexity index is 1100. The van der Waals surface area contributed by atoms with E-state index in [2.05, 4.69) is 10.4 Å². The molecule has 1 heterocycles. The summed E-state index contributed by atoms with van der Waals surface area (Å²) < 4.78 is 54.7. The van der Waals surface area contributed by atoms with Crippen LogP contribution in [0.4, 0.5) is 8.78 Å². The van der Waals surface area contributed by atoms with E-state index in [0.717, 1.165) is 23.6 Å². The lowest BCUT2D eigenvalue weighted by molar-refractivity contribution is 0.0950. The summed E-state index contributed by atoms with van der Waals surface area (Å²) in [5.74, 6) is -3.27. The fourth-order valence-electron chi connectivity index (χ4n) is 2.51. The van der Waals surface area contributed by atoms with E-state index in [0.29, 0.717) is 5.69 Å². The molecule has 7 nitrogen and oxygen atoms in total. The maximum absolute atomic E-state index is 12.5. The first-order chi connectivity index (χ1) is 13.8. The Morgan fingerprint density at radius 3 is 2.34 bits per heavy atom. The second-order valence-electron chi connectivity index (χ2n) is 5.96. The number of sulfone groups is 1. The van der Waals surface area contributed by atoms with Gasteiger partial charge in [-0.15, -0.1) is 0 Å². The molecule has 3 aromatic rings. The molecule has 1 N–H and O–H groups in total. The van der Waals surface area contributed by atoms with Gasteiger partial charge in [0.2, 0.25) is 9.84 Å². The van der Waals surface area contributed by atoms with E-state index in [1.807, 2.05) is 12.1 Å². The zero-order valence-electron chi connectivity index (χ0n) is 15.2. The number of aromatic nitrogens is 2. The van der Waals surface area contributed by atoms with Gasteiger partial charge in [0.15, 0.2) is 0 Å². The number of methoxy groups -OCH3 is 1. The van der Waals surface area contributed by atoms with Gasteiger partial charge in [-0.2, -0.15) is 13.9 Å². The third-order valence-electron chi connectivity index (χ3n) is 4.09. The minimum atomic E-state index is -4.69. The van der Waals surface area contributed by atoms with Crippen molar-refractivity contribution in [3.05, 3.63) is 72.1 Å². The summed E-state index contributed by atoms with van der Waals surface area (Å²) in [7, 11) is -3.11. The van der Waals surface area contributed by atoms with Crippen molar-refractivity contribution in [3.8, 4) is 11.4 Å². The molecule has 0 radical (unpaired) electrons. The molecule has 0 spiro atoms. The van der Waals surface area contributed by atoms with Crippen LogP contribution in [0.5, 0.6) is 5.75 Å². The molecule has 2 aromatic carbocycles. The molecule has 0 unspecified atom stereocenters. The highest BCUT2D eigenvalue weighted by atomic mass is 32.2. The molecule has 0 saturated heterocycles. The highest BCUT2D eigenvalue weighted by Crippen LogP contribution is 2.19. The Hall–Kier alpha value is -3.27. The smallest absolute Gasteiger partial charge is 0.341 e. The highest BCUT2D eigenvalue weighted by Gasteiger charge is 2.26. The molecule has 0 aliphatic heterocycles. The summed E-state index contributed by atoms with van der Waals surface area (Å²) in [6.45, 7) is 0.138. The van der Waals surface area contributed by atoms with Crippen molar-refractivity contribution in [2.24, 2.45) is 0 Å². The number of carbonyl (C=O) groups excluding carboxylic acids is 1. The predicted molar refractivity (Wildman–Crippen MR) is 101 cm³/mol. The number of ether oxygens (including phenoxy) is 1. The average Bonchev–Trinajstić information content (AvgIpc) is 3.21. The van der Waals surface area contributed by atoms with Gasteiger partial charge < -0.3 is 10.1 Å². The fraction of sp³-hybridized carbons (Fsp3) is 0.158. The van der Waals surface area contributed by atoms with Gasteiger partial charge >= 0.3 is 5.76 Å². The van der Waals surface area contributed by atoms with E-state index in [9.17, 15) is 22.0 Å². The predicted octanol–water partition coefficient (Wildman–Crippen LogP) is 2.81. The topological polar surface area (TPSA) is 90.3 Å². The summed E-state index contributed by atoms with van der Waals surface area (Å²) in [5.41, 5.74) is 1.57. The van der Waals surface area contributed by atoms with Crippen molar-refractivity contribution in [3.63, 3.8) is 0 Å². The summed E-state index contributed by atoms with van der Waals surface area (Å²) in [5, 5.41) is 7.01. The number of carbonyl (C=O) groups is 1. The lowest BCUT2D eigenvalue weighted by atomic mass is 10.2. The van der Waals surface area contributed by atoms with Crippen molar-refractivity contribution in [1.29, 1.82) is 0 Å². The van der Waals surface area contributed by atoms with Crippen LogP contribution in [0.3, 0.4) is 0 Å². The number of nitrogens with zero attached hydrogens (tertiary/aromatic N) is 2. The van der Waals surface area contributed by atoms with Crippen LogP contribution in [0.2, 0.25) is 0 Å². The van der Waals surface area contributed by atoms with Gasteiger partial charge in [0.1, 0.15) is 5.75 Å². The van der Waals surface area contributed by atoms with E-state index < -0.39 is 26.4 Å². The molecule has 3 rings (SSSR count). The Morgan fingerprint density at radius 2 is 1.76 bits per heavy atom. The molecule has 1 aromatic heterocycles. The number of alkyl halides is 2. The first kappa shape index (κ1) is 20.5. The summed E-state index contributed by atoms with van der Waals surface area (Å²) in [6.07, 6.45) is 1.74. The Balaban J connectivity index is 1.63. The average molecular weight is 421 g/mol. The van der Waals surface area contributed by atoms with Crippen molar-refractivity contribution in [2.75, 3.05) is 7.11 Å². The van der Waals surface area contributed by atoms with Crippen LogP contribution in [-0.4, -0.2) is 37.0 Å². The monoisotopic (exact) mass is 421 g/mol. The zero-order chi connectivity index (χ0) is 21.0. The summed E-state index contributed by atoms with van der Waals surface area (Å²) in [4.78, 5) is 11.7. The van der Waals surface area contributed by atoms with Crippen LogP contribution in [-0.2, 0) is 16.4 Å². The molecule has 152 valence electrons. The molecule has 0 aliphatic rings. The minimum Gasteiger partial charge on any atom is -0.497 e. The fourth-order valence-corrected chi connectivity index (χ4v) is 3.23. The van der Waals surface area contributed by atoms with Crippen LogP contribution >= 0.6 is 0 Å². The molecule has 0 bridgehead atoms. The molecule has 0 atom stereocenters. The third-order valence-corrected chi connectivity index (χ3v) is 5.49. The van der Waals surface area contributed by atoms with Gasteiger partial charge in [-0.1, -0.05) is 0 Å². The van der Waals surface area contributed by atoms with Crippen molar-refractivity contribution in [2.45, 2.75) is 17.2 Å². The quantitative estimate of drug-likeness (QED) is 0.634. The molecule has 29 heavy (non-hydrogen) atoms. The molecule has 1 amide bonds. The Kier molecular flexibility index (Phi) is 5.92. The van der Waals surface area contributed by atoms with Crippen molar-refractivity contribution in [1.82, 2.24) is 15.1 Å². The lowest BCUT2D eigenvalue weighted by Gasteiger charge is -2.06. The van der Waals surface area contributed by atoms with Crippen LogP contribution in [0.15, 0.2) is 65.7 Å². The van der Waals surface area contributed by atoms with Crippen LogP contribution in [0.25, 0.3) is 5.69 Å². The number of halogens is 2. The Labute approximate surface area is 165 Å². The van der Waals surface area contributed by atoms with Gasteiger partial charge in [0, 0.05) is 11.8 Å². The Morgan fingerprint density at radius 1 is 1.10 bits per heavy atom. The summed E-state index contributed by atoms with van der Waals surface area (Å²) >= 11 is 0. The molecule has 10 heteroatoms. The second-order valence-corrected chi connectivity index (χ2v) is 7.88. The third kappa shape index (κ3) is 4.60. The lowest BCUT2D eigenvalue weighted by Crippen LogP contribution is -2.23. The number of amides is 1. The van der Waals surface area contributed by atoms with E-state index in [-0.39, 0.29) is 12.1 Å². The molecule has 0 fully saturated rings. The van der Waals surface area contributed by atoms with Crippen molar-refractivity contribution >= 4 is 15.7 Å².